The molecule has 8 rings (SSSR count). The van der Waals surface area contributed by atoms with Crippen molar-refractivity contribution in [1.29, 1.82) is 0 Å². The summed E-state index contributed by atoms with van der Waals surface area (Å²) in [4.78, 5) is 58.7. The molecule has 0 aliphatic carbocycles. The molecule has 11 heteroatoms. The number of carbonyl (C=O) groups is 4. The van der Waals surface area contributed by atoms with Gasteiger partial charge in [0.2, 0.25) is 17.7 Å². The van der Waals surface area contributed by atoms with Crippen LogP contribution < -0.4 is 16.0 Å². The molecule has 4 aliphatic heterocycles. The minimum absolute atomic E-state index is 0.00200. The van der Waals surface area contributed by atoms with E-state index in [1.807, 2.05) is 42.7 Å². The van der Waals surface area contributed by atoms with Crippen molar-refractivity contribution in [2.24, 2.45) is 5.92 Å². The summed E-state index contributed by atoms with van der Waals surface area (Å²) in [6.45, 7) is 2.18. The smallest absolute Gasteiger partial charge is 0.255 e. The topological polar surface area (TPSA) is 144 Å². The number of aromatic nitrogens is 1. The van der Waals surface area contributed by atoms with Crippen LogP contribution in [-0.4, -0.2) is 68.8 Å². The van der Waals surface area contributed by atoms with E-state index in [4.69, 9.17) is 0 Å². The maximum Gasteiger partial charge on any atom is 0.255 e. The second-order valence-electron chi connectivity index (χ2n) is 14.3. The molecule has 4 atom stereocenters. The van der Waals surface area contributed by atoms with Crippen molar-refractivity contribution in [3.05, 3.63) is 113 Å². The van der Waals surface area contributed by atoms with Crippen LogP contribution in [0.25, 0.3) is 11.1 Å². The van der Waals surface area contributed by atoms with Gasteiger partial charge in [0.05, 0.1) is 12.6 Å². The summed E-state index contributed by atoms with van der Waals surface area (Å²) in [5.74, 6) is -0.723. The molecule has 5 heterocycles. The van der Waals surface area contributed by atoms with Gasteiger partial charge in [0, 0.05) is 67.2 Å². The average Bonchev–Trinajstić information content (AvgIpc) is 3.73. The first-order chi connectivity index (χ1) is 25.4. The highest BCUT2D eigenvalue weighted by Gasteiger charge is 2.44. The van der Waals surface area contributed by atoms with Gasteiger partial charge in [-0.1, -0.05) is 30.3 Å². The number of nitrogens with zero attached hydrogens (tertiary/aromatic N) is 3. The molecule has 4 N–H and O–H groups in total. The van der Waals surface area contributed by atoms with Gasteiger partial charge in [-0.3, -0.25) is 34.4 Å². The van der Waals surface area contributed by atoms with Crippen molar-refractivity contribution >= 4 is 35.0 Å². The number of imide groups is 1. The second-order valence-corrected chi connectivity index (χ2v) is 14.3. The number of fused-ring (bicyclic) bond motifs is 4. The van der Waals surface area contributed by atoms with Crippen LogP contribution >= 0.6 is 0 Å². The molecule has 2 fully saturated rings. The Hall–Kier alpha value is -5.39. The fraction of sp³-hybridized carbons (Fsp3) is 0.341. The third kappa shape index (κ3) is 6.57. The summed E-state index contributed by atoms with van der Waals surface area (Å²) >= 11 is 0. The molecule has 4 amide bonds. The largest absolute Gasteiger partial charge is 0.394 e. The number of benzene rings is 3. The highest BCUT2D eigenvalue weighted by Crippen LogP contribution is 2.48. The number of piperidine rings is 1. The van der Waals surface area contributed by atoms with E-state index < -0.39 is 11.9 Å². The number of hydrogen-bond donors (Lipinski definition) is 4. The Bertz CT molecular complexity index is 2040. The predicted octanol–water partition coefficient (Wildman–Crippen LogP) is 4.82. The van der Waals surface area contributed by atoms with E-state index in [-0.39, 0.29) is 42.8 Å². The van der Waals surface area contributed by atoms with Crippen molar-refractivity contribution in [3.63, 3.8) is 0 Å². The maximum absolute atomic E-state index is 13.2. The van der Waals surface area contributed by atoms with E-state index >= 15 is 0 Å². The molecule has 1 aromatic heterocycles. The number of amides is 4. The van der Waals surface area contributed by atoms with Crippen LogP contribution in [0.5, 0.6) is 0 Å². The molecule has 1 unspecified atom stereocenters. The Balaban J connectivity index is 0.922. The van der Waals surface area contributed by atoms with E-state index in [9.17, 15) is 24.3 Å². The number of nitrogens with one attached hydrogen (secondary N) is 3. The Labute approximate surface area is 302 Å². The van der Waals surface area contributed by atoms with Crippen LogP contribution in [0.2, 0.25) is 0 Å². The van der Waals surface area contributed by atoms with Crippen LogP contribution in [0.4, 0.5) is 11.4 Å². The van der Waals surface area contributed by atoms with Gasteiger partial charge in [-0.15, -0.1) is 0 Å². The van der Waals surface area contributed by atoms with Crippen molar-refractivity contribution in [2.45, 2.75) is 69.7 Å². The van der Waals surface area contributed by atoms with E-state index in [2.05, 4.69) is 62.2 Å². The molecular formula is C41H42N6O5. The van der Waals surface area contributed by atoms with Gasteiger partial charge < -0.3 is 20.6 Å². The fourth-order valence-corrected chi connectivity index (χ4v) is 8.56. The van der Waals surface area contributed by atoms with E-state index in [0.29, 0.717) is 43.7 Å². The van der Waals surface area contributed by atoms with E-state index in [1.165, 1.54) is 11.1 Å². The van der Waals surface area contributed by atoms with Crippen LogP contribution in [0.15, 0.2) is 85.2 Å². The molecule has 4 aromatic rings. The Morgan fingerprint density at radius 3 is 2.62 bits per heavy atom. The molecule has 11 nitrogen and oxygen atoms in total. The number of rotatable bonds is 10. The zero-order valence-electron chi connectivity index (χ0n) is 28.9. The summed E-state index contributed by atoms with van der Waals surface area (Å²) in [5, 5.41) is 19.3. The number of hydrogen-bond acceptors (Lipinski definition) is 8. The molecule has 0 radical (unpaired) electrons. The summed E-state index contributed by atoms with van der Waals surface area (Å²) in [6.07, 6.45) is 6.73. The number of aryl methyl sites for hydroxylation is 1. The number of aliphatic hydroxyl groups excluding tert-OH is 1. The molecule has 266 valence electrons. The van der Waals surface area contributed by atoms with Gasteiger partial charge >= 0.3 is 0 Å². The average molecular weight is 699 g/mol. The monoisotopic (exact) mass is 698 g/mol. The molecular weight excluding hydrogens is 656 g/mol. The third-order valence-electron chi connectivity index (χ3n) is 11.1. The lowest BCUT2D eigenvalue weighted by molar-refractivity contribution is -0.137. The first kappa shape index (κ1) is 33.7. The lowest BCUT2D eigenvalue weighted by Gasteiger charge is -2.39. The summed E-state index contributed by atoms with van der Waals surface area (Å²) < 4.78 is 0. The number of carbonyl (C=O) groups excluding carboxylic acids is 4. The molecule has 0 saturated carbocycles. The third-order valence-corrected chi connectivity index (χ3v) is 11.1. The number of anilines is 2. The van der Waals surface area contributed by atoms with E-state index in [1.54, 1.807) is 11.0 Å². The lowest BCUT2D eigenvalue weighted by atomic mass is 9.82. The minimum Gasteiger partial charge on any atom is -0.394 e. The number of pyridine rings is 1. The van der Waals surface area contributed by atoms with Crippen LogP contribution in [0, 0.1) is 5.92 Å². The first-order valence-corrected chi connectivity index (χ1v) is 18.2. The molecule has 2 saturated heterocycles. The SMILES string of the molecule is O=C1CCC(N2Cc3c(CCCC(=O)Nc4cccc(-c5ccc6c(c5)[C@H]5[C@H](CCN5Cc5ccncc5)[C@@H](CO)N6)c4)cccc3C2=O)C(=O)N1. The standard InChI is InChI=1S/C41H42N6O5/c48-24-35-31-16-19-46(22-25-14-17-42-18-15-25)39(31)32-21-28(10-11-34(32)44-35)27-6-1-7-29(20-27)43-37(49)9-3-5-26-4-2-8-30-33(26)23-47(41(30)52)36-12-13-38(50)45-40(36)51/h1-2,4,6-8,10-11,14-15,17-18,20-21,31,35-36,39,44,48H,3,5,9,12-13,16,19,22-24H2,(H,43,49)(H,45,50,51)/t31-,35-,36?,39-/m1/s1. The zero-order valence-corrected chi connectivity index (χ0v) is 28.9. The maximum atomic E-state index is 13.2. The molecule has 0 spiro atoms. The van der Waals surface area contributed by atoms with Crippen LogP contribution in [-0.2, 0) is 33.9 Å². The van der Waals surface area contributed by atoms with Gasteiger partial charge in [0.15, 0.2) is 0 Å². The number of likely N-dealkylation sites (tertiary alicyclic amines) is 1. The lowest BCUT2D eigenvalue weighted by Crippen LogP contribution is -2.52. The summed E-state index contributed by atoms with van der Waals surface area (Å²) in [7, 11) is 0. The van der Waals surface area contributed by atoms with Gasteiger partial charge in [0.25, 0.3) is 5.91 Å². The van der Waals surface area contributed by atoms with Crippen LogP contribution in [0.1, 0.15) is 70.8 Å². The minimum atomic E-state index is -0.657. The fourth-order valence-electron chi connectivity index (χ4n) is 8.56. The van der Waals surface area contributed by atoms with Gasteiger partial charge in [-0.05, 0) is 108 Å². The highest BCUT2D eigenvalue weighted by molar-refractivity contribution is 6.05. The van der Waals surface area contributed by atoms with E-state index in [0.717, 1.165) is 53.1 Å². The van der Waals surface area contributed by atoms with Gasteiger partial charge in [-0.25, -0.2) is 0 Å². The summed E-state index contributed by atoms with van der Waals surface area (Å²) in [5.41, 5.74) is 8.75. The van der Waals surface area contributed by atoms with Gasteiger partial charge in [0.1, 0.15) is 6.04 Å². The highest BCUT2D eigenvalue weighted by atomic mass is 16.3. The molecule has 52 heavy (non-hydrogen) atoms. The Morgan fingerprint density at radius 2 is 1.79 bits per heavy atom. The van der Waals surface area contributed by atoms with Crippen molar-refractivity contribution in [1.82, 2.24) is 20.1 Å². The van der Waals surface area contributed by atoms with Crippen molar-refractivity contribution < 1.29 is 24.3 Å². The van der Waals surface area contributed by atoms with Crippen molar-refractivity contribution in [2.75, 3.05) is 23.8 Å². The van der Waals surface area contributed by atoms with Crippen molar-refractivity contribution in [3.8, 4) is 11.1 Å². The molecule has 4 aliphatic rings. The first-order valence-electron chi connectivity index (χ1n) is 18.2. The molecule has 3 aromatic carbocycles. The van der Waals surface area contributed by atoms with Gasteiger partial charge in [-0.2, -0.15) is 0 Å². The quantitative estimate of drug-likeness (QED) is 0.173. The van der Waals surface area contributed by atoms with Crippen LogP contribution in [0.3, 0.4) is 0 Å². The normalized spacial score (nSPS) is 22.3. The Kier molecular flexibility index (Phi) is 9.29. The predicted molar refractivity (Wildman–Crippen MR) is 196 cm³/mol. The number of aliphatic hydroxyl groups is 1. The zero-order chi connectivity index (χ0) is 35.8. The Morgan fingerprint density at radius 1 is 0.962 bits per heavy atom. The summed E-state index contributed by atoms with van der Waals surface area (Å²) in [6, 6.07) is 23.6. The second kappa shape index (κ2) is 14.3. The molecule has 0 bridgehead atoms.